The minimum atomic E-state index is -1.99. The molecule has 2 heterocycles. The summed E-state index contributed by atoms with van der Waals surface area (Å²) in [7, 11) is 2.21. The molecule has 0 saturated carbocycles. The zero-order chi connectivity index (χ0) is 26.2. The summed E-state index contributed by atoms with van der Waals surface area (Å²) in [4.78, 5) is 47.0. The van der Waals surface area contributed by atoms with Crippen molar-refractivity contribution in [1.82, 2.24) is 5.01 Å². The van der Waals surface area contributed by atoms with Crippen molar-refractivity contribution in [2.75, 3.05) is 14.2 Å². The molecule has 0 aromatic heterocycles. The Balaban J connectivity index is 1.92. The van der Waals surface area contributed by atoms with Gasteiger partial charge >= 0.3 is 11.9 Å². The molecule has 13 nitrogen and oxygen atoms in total. The fourth-order valence-corrected chi connectivity index (χ4v) is 4.60. The van der Waals surface area contributed by atoms with Gasteiger partial charge in [-0.25, -0.2) is 9.59 Å². The van der Waals surface area contributed by atoms with E-state index in [1.54, 1.807) is 12.2 Å². The summed E-state index contributed by atoms with van der Waals surface area (Å²) < 4.78 is 9.83. The van der Waals surface area contributed by atoms with Gasteiger partial charge in [-0.3, -0.25) is 25.2 Å². The normalized spacial score (nSPS) is 24.5. The Morgan fingerprint density at radius 3 is 1.92 bits per heavy atom. The van der Waals surface area contributed by atoms with Crippen molar-refractivity contribution in [3.8, 4) is 0 Å². The molecular formula is C23H20N4O9. The van der Waals surface area contributed by atoms with Gasteiger partial charge in [-0.1, -0.05) is 24.3 Å². The summed E-state index contributed by atoms with van der Waals surface area (Å²) >= 11 is 0. The maximum absolute atomic E-state index is 13.4. The Bertz CT molecular complexity index is 1290. The van der Waals surface area contributed by atoms with Crippen LogP contribution in [0.5, 0.6) is 0 Å². The number of methoxy groups -OCH3 is 2. The SMILES string of the molecule is COC(=O)C1=NN2C(c3ccc([N+](=O)[O-])cc3)C=CC(c3ccc([N+](=O)[O-])cc3)C2(C(=O)OC)C1O. The monoisotopic (exact) mass is 496 g/mol. The third-order valence-corrected chi connectivity index (χ3v) is 6.31. The van der Waals surface area contributed by atoms with Crippen molar-refractivity contribution < 1.29 is 34.0 Å². The fraction of sp³-hybridized carbons (Fsp3) is 0.261. The summed E-state index contributed by atoms with van der Waals surface area (Å²) in [5, 5.41) is 39.1. The highest BCUT2D eigenvalue weighted by atomic mass is 16.6. The van der Waals surface area contributed by atoms with Gasteiger partial charge in [-0.05, 0) is 23.3 Å². The lowest BCUT2D eigenvalue weighted by Gasteiger charge is -2.47. The van der Waals surface area contributed by atoms with E-state index in [9.17, 15) is 34.9 Å². The zero-order valence-corrected chi connectivity index (χ0v) is 19.0. The standard InChI is InChI=1S/C23H20N4O9/c1-35-21(29)19-20(28)23(22(30)36-2)17(13-3-7-15(8-4-13)26(31)32)11-12-18(25(23)24-19)14-5-9-16(10-6-14)27(33)34/h3-12,17-18,20,28H,1-2H3. The second-order valence-corrected chi connectivity index (χ2v) is 8.05. The highest BCUT2D eigenvalue weighted by Gasteiger charge is 2.65. The third-order valence-electron chi connectivity index (χ3n) is 6.31. The van der Waals surface area contributed by atoms with Crippen LogP contribution in [0.2, 0.25) is 0 Å². The third kappa shape index (κ3) is 3.65. The van der Waals surface area contributed by atoms with E-state index >= 15 is 0 Å². The molecule has 186 valence electrons. The number of nitro groups is 2. The lowest BCUT2D eigenvalue weighted by molar-refractivity contribution is -0.385. The molecule has 2 aromatic carbocycles. The Hall–Kier alpha value is -4.65. The van der Waals surface area contributed by atoms with Crippen LogP contribution in [-0.2, 0) is 19.1 Å². The quantitative estimate of drug-likeness (QED) is 0.269. The first-order valence-corrected chi connectivity index (χ1v) is 10.6. The number of aliphatic hydroxyl groups is 1. The largest absolute Gasteiger partial charge is 0.467 e. The number of hydrogen-bond acceptors (Lipinski definition) is 11. The molecule has 0 saturated heterocycles. The number of benzene rings is 2. The average molecular weight is 496 g/mol. The van der Waals surface area contributed by atoms with E-state index in [4.69, 9.17) is 9.47 Å². The van der Waals surface area contributed by atoms with Crippen LogP contribution in [0.15, 0.2) is 65.8 Å². The minimum Gasteiger partial charge on any atom is -0.467 e. The molecule has 4 atom stereocenters. The fourth-order valence-electron chi connectivity index (χ4n) is 4.60. The van der Waals surface area contributed by atoms with Crippen molar-refractivity contribution in [3.05, 3.63) is 92.0 Å². The lowest BCUT2D eigenvalue weighted by atomic mass is 9.71. The van der Waals surface area contributed by atoms with Crippen molar-refractivity contribution >= 4 is 29.0 Å². The molecule has 2 aliphatic heterocycles. The Morgan fingerprint density at radius 1 is 0.917 bits per heavy atom. The van der Waals surface area contributed by atoms with Gasteiger partial charge in [-0.2, -0.15) is 5.10 Å². The Kier molecular flexibility index (Phi) is 6.24. The lowest BCUT2D eigenvalue weighted by Crippen LogP contribution is -2.64. The predicted octanol–water partition coefficient (Wildman–Crippen LogP) is 2.02. The molecule has 4 unspecified atom stereocenters. The molecule has 13 heteroatoms. The second kappa shape index (κ2) is 9.19. The van der Waals surface area contributed by atoms with Gasteiger partial charge in [0, 0.05) is 30.2 Å². The van der Waals surface area contributed by atoms with E-state index in [1.807, 2.05) is 0 Å². The first kappa shape index (κ1) is 24.5. The number of esters is 2. The molecule has 36 heavy (non-hydrogen) atoms. The first-order valence-electron chi connectivity index (χ1n) is 10.6. The van der Waals surface area contributed by atoms with E-state index in [-0.39, 0.29) is 11.4 Å². The molecule has 4 rings (SSSR count). The average Bonchev–Trinajstić information content (AvgIpc) is 3.21. The molecule has 0 amide bonds. The van der Waals surface area contributed by atoms with E-state index < -0.39 is 51.1 Å². The van der Waals surface area contributed by atoms with Crippen LogP contribution in [0, 0.1) is 20.2 Å². The van der Waals surface area contributed by atoms with Crippen molar-refractivity contribution in [2.24, 2.45) is 5.10 Å². The van der Waals surface area contributed by atoms with E-state index in [0.717, 1.165) is 14.2 Å². The highest BCUT2D eigenvalue weighted by Crippen LogP contribution is 2.50. The summed E-state index contributed by atoms with van der Waals surface area (Å²) in [5.74, 6) is -2.84. The number of hydrazone groups is 1. The Labute approximate surface area is 203 Å². The highest BCUT2D eigenvalue weighted by molar-refractivity contribution is 6.39. The number of ether oxygens (including phenoxy) is 2. The molecule has 1 N–H and O–H groups in total. The number of carbonyl (C=O) groups is 2. The van der Waals surface area contributed by atoms with Crippen LogP contribution in [0.3, 0.4) is 0 Å². The van der Waals surface area contributed by atoms with Crippen molar-refractivity contribution in [2.45, 2.75) is 23.6 Å². The van der Waals surface area contributed by atoms with Gasteiger partial charge in [0.25, 0.3) is 11.4 Å². The van der Waals surface area contributed by atoms with Crippen molar-refractivity contribution in [1.29, 1.82) is 0 Å². The Morgan fingerprint density at radius 2 is 1.44 bits per heavy atom. The molecule has 0 aliphatic carbocycles. The van der Waals surface area contributed by atoms with Crippen molar-refractivity contribution in [3.63, 3.8) is 0 Å². The number of fused-ring (bicyclic) bond motifs is 1. The molecule has 0 spiro atoms. The predicted molar refractivity (Wildman–Crippen MR) is 123 cm³/mol. The number of nitrogens with zero attached hydrogens (tertiary/aromatic N) is 4. The van der Waals surface area contributed by atoms with Gasteiger partial charge in [0.15, 0.2) is 11.3 Å². The van der Waals surface area contributed by atoms with Gasteiger partial charge in [-0.15, -0.1) is 0 Å². The van der Waals surface area contributed by atoms with Crippen LogP contribution >= 0.6 is 0 Å². The van der Waals surface area contributed by atoms with Gasteiger partial charge in [0.1, 0.15) is 6.10 Å². The summed E-state index contributed by atoms with van der Waals surface area (Å²) in [6, 6.07) is 10.0. The number of non-ortho nitro benzene ring substituents is 2. The van der Waals surface area contributed by atoms with Crippen LogP contribution < -0.4 is 0 Å². The zero-order valence-electron chi connectivity index (χ0n) is 19.0. The number of rotatable bonds is 6. The van der Waals surface area contributed by atoms with Crippen LogP contribution in [0.1, 0.15) is 23.1 Å². The topological polar surface area (TPSA) is 175 Å². The maximum atomic E-state index is 13.4. The van der Waals surface area contributed by atoms with Gasteiger partial charge in [0.2, 0.25) is 0 Å². The van der Waals surface area contributed by atoms with Crippen LogP contribution in [0.4, 0.5) is 11.4 Å². The van der Waals surface area contributed by atoms with E-state index in [0.29, 0.717) is 11.1 Å². The molecule has 0 fully saturated rings. The van der Waals surface area contributed by atoms with Gasteiger partial charge < -0.3 is 14.6 Å². The molecule has 2 aromatic rings. The summed E-state index contributed by atoms with van der Waals surface area (Å²) in [6.07, 6.45) is 1.47. The molecule has 2 aliphatic rings. The van der Waals surface area contributed by atoms with E-state index in [1.165, 1.54) is 53.5 Å². The van der Waals surface area contributed by atoms with Gasteiger partial charge in [0.05, 0.1) is 30.1 Å². The van der Waals surface area contributed by atoms with E-state index in [2.05, 4.69) is 5.10 Å². The summed E-state index contributed by atoms with van der Waals surface area (Å²) in [6.45, 7) is 0. The molecule has 0 bridgehead atoms. The van der Waals surface area contributed by atoms with Crippen LogP contribution in [-0.4, -0.2) is 63.5 Å². The molecular weight excluding hydrogens is 476 g/mol. The maximum Gasteiger partial charge on any atom is 0.357 e. The summed E-state index contributed by atoms with van der Waals surface area (Å²) in [5.41, 5.74) is -1.86. The number of aliphatic hydroxyl groups excluding tert-OH is 1. The number of nitro benzene ring substituents is 2. The smallest absolute Gasteiger partial charge is 0.357 e. The minimum absolute atomic E-state index is 0.151. The van der Waals surface area contributed by atoms with Crippen LogP contribution in [0.25, 0.3) is 0 Å². The second-order valence-electron chi connectivity index (χ2n) is 8.05. The number of hydrogen-bond donors (Lipinski definition) is 1. The molecule has 0 radical (unpaired) electrons. The first-order chi connectivity index (χ1) is 17.2. The number of carbonyl (C=O) groups excluding carboxylic acids is 2.